The van der Waals surface area contributed by atoms with Gasteiger partial charge in [-0.05, 0) is 39.0 Å². The molecule has 0 fully saturated rings. The number of ether oxygens (including phenoxy) is 2. The van der Waals surface area contributed by atoms with Crippen LogP contribution in [0.15, 0.2) is 24.0 Å². The van der Waals surface area contributed by atoms with Crippen molar-refractivity contribution in [2.75, 3.05) is 13.7 Å². The number of hydrogen-bond acceptors (Lipinski definition) is 3. The third kappa shape index (κ3) is 19.1. The third-order valence-corrected chi connectivity index (χ3v) is 4.54. The van der Waals surface area contributed by atoms with Crippen molar-refractivity contribution >= 4 is 5.97 Å². The molecular weight excluding hydrogens is 324 g/mol. The van der Waals surface area contributed by atoms with Crippen molar-refractivity contribution in [3.05, 3.63) is 24.0 Å². The van der Waals surface area contributed by atoms with Crippen LogP contribution in [-0.4, -0.2) is 19.7 Å². The summed E-state index contributed by atoms with van der Waals surface area (Å²) in [5, 5.41) is 0. The molecule has 0 aromatic rings. The summed E-state index contributed by atoms with van der Waals surface area (Å²) >= 11 is 0. The van der Waals surface area contributed by atoms with E-state index >= 15 is 0 Å². The minimum atomic E-state index is -0.308. The molecule has 0 amide bonds. The topological polar surface area (TPSA) is 35.5 Å². The monoisotopic (exact) mass is 366 g/mol. The van der Waals surface area contributed by atoms with Crippen LogP contribution in [0.25, 0.3) is 0 Å². The Morgan fingerprint density at radius 1 is 0.769 bits per heavy atom. The lowest BCUT2D eigenvalue weighted by Gasteiger charge is -2.03. The minimum Gasteiger partial charge on any atom is -0.501 e. The molecule has 0 spiro atoms. The van der Waals surface area contributed by atoms with Gasteiger partial charge < -0.3 is 9.47 Å². The Morgan fingerprint density at radius 3 is 1.81 bits per heavy atom. The highest BCUT2D eigenvalue weighted by molar-refractivity contribution is 5.82. The number of unbranched alkanes of at least 4 members (excludes halogenated alkanes) is 12. The Bertz CT molecular complexity index is 372. The molecule has 0 radical (unpaired) electrons. The fourth-order valence-electron chi connectivity index (χ4n) is 2.79. The van der Waals surface area contributed by atoms with Crippen LogP contribution in [-0.2, 0) is 14.3 Å². The SMILES string of the molecule is CCCCCCCC/C=C/CCCCCCCCOC(=O)/C=C(/C)OC. The molecule has 3 heteroatoms. The molecular formula is C23H42O3. The molecule has 26 heavy (non-hydrogen) atoms. The maximum atomic E-state index is 11.4. The van der Waals surface area contributed by atoms with E-state index in [1.165, 1.54) is 83.1 Å². The van der Waals surface area contributed by atoms with E-state index in [2.05, 4.69) is 19.1 Å². The second-order valence-electron chi connectivity index (χ2n) is 7.06. The number of esters is 1. The van der Waals surface area contributed by atoms with Crippen molar-refractivity contribution in [2.45, 2.75) is 104 Å². The molecule has 0 atom stereocenters. The molecule has 0 aliphatic carbocycles. The van der Waals surface area contributed by atoms with Gasteiger partial charge in [0, 0.05) is 0 Å². The molecule has 0 unspecified atom stereocenters. The maximum Gasteiger partial charge on any atom is 0.334 e. The van der Waals surface area contributed by atoms with Crippen molar-refractivity contribution in [1.82, 2.24) is 0 Å². The summed E-state index contributed by atoms with van der Waals surface area (Å²) in [6, 6.07) is 0. The maximum absolute atomic E-state index is 11.4. The van der Waals surface area contributed by atoms with Crippen LogP contribution in [0, 0.1) is 0 Å². The molecule has 0 N–H and O–H groups in total. The summed E-state index contributed by atoms with van der Waals surface area (Å²) in [5.74, 6) is 0.271. The van der Waals surface area contributed by atoms with Gasteiger partial charge in [-0.1, -0.05) is 76.9 Å². The molecule has 0 saturated carbocycles. The lowest BCUT2D eigenvalue weighted by Crippen LogP contribution is -2.03. The number of methoxy groups -OCH3 is 1. The van der Waals surface area contributed by atoms with E-state index in [-0.39, 0.29) is 5.97 Å². The van der Waals surface area contributed by atoms with Gasteiger partial charge in [-0.25, -0.2) is 4.79 Å². The van der Waals surface area contributed by atoms with E-state index in [9.17, 15) is 4.79 Å². The molecule has 0 bridgehead atoms. The van der Waals surface area contributed by atoms with Crippen molar-refractivity contribution in [3.8, 4) is 0 Å². The van der Waals surface area contributed by atoms with Crippen LogP contribution in [0.1, 0.15) is 104 Å². The fraction of sp³-hybridized carbons (Fsp3) is 0.783. The van der Waals surface area contributed by atoms with Crippen LogP contribution in [0.4, 0.5) is 0 Å². The van der Waals surface area contributed by atoms with Gasteiger partial charge >= 0.3 is 5.97 Å². The number of hydrogen-bond donors (Lipinski definition) is 0. The highest BCUT2D eigenvalue weighted by Crippen LogP contribution is 2.10. The average molecular weight is 367 g/mol. The molecule has 152 valence electrons. The van der Waals surface area contributed by atoms with Crippen molar-refractivity contribution < 1.29 is 14.3 Å². The van der Waals surface area contributed by atoms with E-state index in [0.717, 1.165) is 12.8 Å². The van der Waals surface area contributed by atoms with E-state index in [1.807, 2.05) is 0 Å². The quantitative estimate of drug-likeness (QED) is 0.0851. The second kappa shape index (κ2) is 20.1. The third-order valence-electron chi connectivity index (χ3n) is 4.54. The van der Waals surface area contributed by atoms with Gasteiger partial charge in [-0.3, -0.25) is 0 Å². The standard InChI is InChI=1S/C23H42O3/c1-4-5-6-7-8-9-10-11-12-13-14-15-16-17-18-19-20-26-23(24)21-22(2)25-3/h11-12,21H,4-10,13-20H2,1-3H3/b12-11+,22-21-. The van der Waals surface area contributed by atoms with E-state index in [0.29, 0.717) is 12.4 Å². The highest BCUT2D eigenvalue weighted by Gasteiger charge is 1.99. The van der Waals surface area contributed by atoms with Gasteiger partial charge in [0.25, 0.3) is 0 Å². The van der Waals surface area contributed by atoms with E-state index < -0.39 is 0 Å². The van der Waals surface area contributed by atoms with Crippen molar-refractivity contribution in [1.29, 1.82) is 0 Å². The average Bonchev–Trinajstić information content (AvgIpc) is 2.64. The van der Waals surface area contributed by atoms with Gasteiger partial charge in [0.05, 0.1) is 25.6 Å². The van der Waals surface area contributed by atoms with Crippen molar-refractivity contribution in [2.24, 2.45) is 0 Å². The lowest BCUT2D eigenvalue weighted by atomic mass is 10.1. The largest absolute Gasteiger partial charge is 0.501 e. The Hall–Kier alpha value is -1.25. The minimum absolute atomic E-state index is 0.308. The van der Waals surface area contributed by atoms with Crippen LogP contribution in [0.3, 0.4) is 0 Å². The van der Waals surface area contributed by atoms with Gasteiger partial charge in [0.2, 0.25) is 0 Å². The van der Waals surface area contributed by atoms with Gasteiger partial charge in [0.15, 0.2) is 0 Å². The van der Waals surface area contributed by atoms with Crippen LogP contribution in [0.2, 0.25) is 0 Å². The second-order valence-corrected chi connectivity index (χ2v) is 7.06. The van der Waals surface area contributed by atoms with Gasteiger partial charge in [-0.2, -0.15) is 0 Å². The fourth-order valence-corrected chi connectivity index (χ4v) is 2.79. The van der Waals surface area contributed by atoms with E-state index in [4.69, 9.17) is 9.47 Å². The number of carbonyl (C=O) groups excluding carboxylic acids is 1. The Kier molecular flexibility index (Phi) is 19.1. The zero-order valence-corrected chi connectivity index (χ0v) is 17.6. The predicted molar refractivity (Wildman–Crippen MR) is 111 cm³/mol. The molecule has 0 aromatic heterocycles. The van der Waals surface area contributed by atoms with Crippen LogP contribution < -0.4 is 0 Å². The molecule has 0 aliphatic rings. The van der Waals surface area contributed by atoms with Crippen molar-refractivity contribution in [3.63, 3.8) is 0 Å². The number of rotatable bonds is 18. The Morgan fingerprint density at radius 2 is 1.27 bits per heavy atom. The number of allylic oxidation sites excluding steroid dienone is 3. The normalized spacial score (nSPS) is 11.9. The molecule has 0 heterocycles. The highest BCUT2D eigenvalue weighted by atomic mass is 16.5. The Balaban J connectivity index is 3.24. The summed E-state index contributed by atoms with van der Waals surface area (Å²) in [6.45, 7) is 4.52. The summed E-state index contributed by atoms with van der Waals surface area (Å²) in [7, 11) is 1.55. The van der Waals surface area contributed by atoms with Crippen LogP contribution in [0.5, 0.6) is 0 Å². The smallest absolute Gasteiger partial charge is 0.334 e. The first-order valence-electron chi connectivity index (χ1n) is 10.7. The molecule has 3 nitrogen and oxygen atoms in total. The van der Waals surface area contributed by atoms with Gasteiger partial charge in [0.1, 0.15) is 0 Å². The molecule has 0 rings (SSSR count). The molecule has 0 aliphatic heterocycles. The van der Waals surface area contributed by atoms with E-state index in [1.54, 1.807) is 14.0 Å². The lowest BCUT2D eigenvalue weighted by molar-refractivity contribution is -0.138. The first kappa shape index (κ1) is 24.8. The van der Waals surface area contributed by atoms with Gasteiger partial charge in [-0.15, -0.1) is 0 Å². The summed E-state index contributed by atoms with van der Waals surface area (Å²) < 4.78 is 10.0. The first-order chi connectivity index (χ1) is 12.7. The summed E-state index contributed by atoms with van der Waals surface area (Å²) in [4.78, 5) is 11.4. The Labute approximate surface area is 162 Å². The first-order valence-corrected chi connectivity index (χ1v) is 10.7. The summed E-state index contributed by atoms with van der Waals surface area (Å²) in [5.41, 5.74) is 0. The summed E-state index contributed by atoms with van der Waals surface area (Å²) in [6.07, 6.45) is 24.1. The predicted octanol–water partition coefficient (Wildman–Crippen LogP) is 7.12. The van der Waals surface area contributed by atoms with Crippen LogP contribution >= 0.6 is 0 Å². The molecule has 0 saturated heterocycles. The number of carbonyl (C=O) groups is 1. The molecule has 0 aromatic carbocycles. The zero-order valence-electron chi connectivity index (χ0n) is 17.6. The zero-order chi connectivity index (χ0) is 19.3.